The molecular formula is C24H29N9. The Labute approximate surface area is 192 Å². The fourth-order valence-corrected chi connectivity index (χ4v) is 5.35. The van der Waals surface area contributed by atoms with Crippen LogP contribution in [0.2, 0.25) is 0 Å². The zero-order valence-corrected chi connectivity index (χ0v) is 19.1. The maximum atomic E-state index is 5.01. The lowest BCUT2D eigenvalue weighted by Gasteiger charge is -2.33. The molecule has 0 radical (unpaired) electrons. The molecule has 2 aliphatic heterocycles. The first kappa shape index (κ1) is 19.3. The van der Waals surface area contributed by atoms with Crippen LogP contribution >= 0.6 is 0 Å². The van der Waals surface area contributed by atoms with E-state index in [1.165, 1.54) is 42.4 Å². The van der Waals surface area contributed by atoms with Crippen molar-refractivity contribution in [3.05, 3.63) is 40.8 Å². The minimum atomic E-state index is 0.537. The molecule has 3 aliphatic rings. The Morgan fingerprint density at radius 1 is 1.00 bits per heavy atom. The van der Waals surface area contributed by atoms with Crippen molar-refractivity contribution in [3.8, 4) is 0 Å². The van der Waals surface area contributed by atoms with Crippen molar-refractivity contribution in [2.45, 2.75) is 64.1 Å². The summed E-state index contributed by atoms with van der Waals surface area (Å²) in [5, 5.41) is 11.9. The summed E-state index contributed by atoms with van der Waals surface area (Å²) in [6, 6.07) is 5.38. The van der Waals surface area contributed by atoms with E-state index in [1.54, 1.807) is 0 Å². The van der Waals surface area contributed by atoms with Gasteiger partial charge in [0.2, 0.25) is 11.9 Å². The van der Waals surface area contributed by atoms with Gasteiger partial charge < -0.3 is 20.5 Å². The number of anilines is 2. The number of piperazine rings is 1. The zero-order valence-electron chi connectivity index (χ0n) is 19.1. The van der Waals surface area contributed by atoms with E-state index in [4.69, 9.17) is 15.0 Å². The first-order valence-electron chi connectivity index (χ1n) is 12.1. The molecule has 2 bridgehead atoms. The molecule has 1 aliphatic carbocycles. The molecule has 2 unspecified atom stereocenters. The van der Waals surface area contributed by atoms with Gasteiger partial charge in [0, 0.05) is 30.7 Å². The van der Waals surface area contributed by atoms with Crippen molar-refractivity contribution in [2.75, 3.05) is 23.3 Å². The number of aromatic amines is 1. The standard InChI is InChI=1S/C24H29N9/c1-13-7-19-20(8-14(13)2)29-21(28-19)10-25-23-31-24(32-11-16-5-6-17(12-32)27-16)30-22-18(15-3-4-15)9-26-33(22)23/h7-9,15-17,27H,3-6,10-12H2,1-2H3,(H,28,29)(H,25,30,31). The average molecular weight is 444 g/mol. The number of aryl methyl sites for hydroxylation is 2. The highest BCUT2D eigenvalue weighted by atomic mass is 15.4. The van der Waals surface area contributed by atoms with Crippen LogP contribution in [-0.2, 0) is 6.54 Å². The predicted molar refractivity (Wildman–Crippen MR) is 128 cm³/mol. The fraction of sp³-hybridized carbons (Fsp3) is 0.500. The highest BCUT2D eigenvalue weighted by molar-refractivity contribution is 5.77. The summed E-state index contributed by atoms with van der Waals surface area (Å²) >= 11 is 0. The summed E-state index contributed by atoms with van der Waals surface area (Å²) in [4.78, 5) is 20.5. The first-order chi connectivity index (χ1) is 16.1. The molecule has 3 aromatic heterocycles. The Morgan fingerprint density at radius 3 is 2.58 bits per heavy atom. The van der Waals surface area contributed by atoms with Crippen LogP contribution in [-0.4, -0.2) is 54.7 Å². The van der Waals surface area contributed by atoms with Gasteiger partial charge in [-0.2, -0.15) is 19.6 Å². The second-order valence-corrected chi connectivity index (χ2v) is 9.99. The van der Waals surface area contributed by atoms with Gasteiger partial charge in [-0.15, -0.1) is 0 Å². The van der Waals surface area contributed by atoms with E-state index in [0.29, 0.717) is 24.5 Å². The number of hydrogen-bond donors (Lipinski definition) is 3. The number of nitrogens with one attached hydrogen (secondary N) is 3. The van der Waals surface area contributed by atoms with E-state index in [0.717, 1.165) is 47.5 Å². The molecule has 9 heteroatoms. The molecule has 9 nitrogen and oxygen atoms in total. The zero-order chi connectivity index (χ0) is 22.1. The van der Waals surface area contributed by atoms with E-state index in [2.05, 4.69) is 51.6 Å². The normalized spacial score (nSPS) is 22.5. The van der Waals surface area contributed by atoms with Crippen LogP contribution < -0.4 is 15.5 Å². The number of aromatic nitrogens is 6. The molecule has 170 valence electrons. The van der Waals surface area contributed by atoms with Crippen molar-refractivity contribution in [2.24, 2.45) is 0 Å². The second kappa shape index (κ2) is 7.15. The summed E-state index contributed by atoms with van der Waals surface area (Å²) in [7, 11) is 0. The molecule has 33 heavy (non-hydrogen) atoms. The number of nitrogens with zero attached hydrogens (tertiary/aromatic N) is 6. The molecule has 4 aromatic rings. The lowest BCUT2D eigenvalue weighted by Crippen LogP contribution is -2.51. The van der Waals surface area contributed by atoms with Crippen LogP contribution in [0.5, 0.6) is 0 Å². The molecule has 1 aromatic carbocycles. The van der Waals surface area contributed by atoms with Crippen molar-refractivity contribution in [3.63, 3.8) is 0 Å². The predicted octanol–water partition coefficient (Wildman–Crippen LogP) is 3.05. The van der Waals surface area contributed by atoms with E-state index in [1.807, 2.05) is 10.7 Å². The molecule has 0 spiro atoms. The van der Waals surface area contributed by atoms with Gasteiger partial charge in [0.25, 0.3) is 0 Å². The van der Waals surface area contributed by atoms with Crippen LogP contribution in [0.1, 0.15) is 54.1 Å². The van der Waals surface area contributed by atoms with Gasteiger partial charge in [-0.1, -0.05) is 0 Å². The quantitative estimate of drug-likeness (QED) is 0.436. The maximum Gasteiger partial charge on any atom is 0.230 e. The smallest absolute Gasteiger partial charge is 0.230 e. The first-order valence-corrected chi connectivity index (χ1v) is 12.1. The Balaban J connectivity index is 1.23. The van der Waals surface area contributed by atoms with Gasteiger partial charge in [-0.05, 0) is 68.7 Å². The van der Waals surface area contributed by atoms with Gasteiger partial charge in [-0.25, -0.2) is 4.98 Å². The molecule has 3 fully saturated rings. The Morgan fingerprint density at radius 2 is 1.79 bits per heavy atom. The summed E-state index contributed by atoms with van der Waals surface area (Å²) in [6.07, 6.45) is 6.89. The van der Waals surface area contributed by atoms with E-state index >= 15 is 0 Å². The third-order valence-corrected chi connectivity index (χ3v) is 7.46. The lowest BCUT2D eigenvalue weighted by molar-refractivity contribution is 0.460. The molecule has 1 saturated carbocycles. The van der Waals surface area contributed by atoms with Crippen molar-refractivity contribution in [1.82, 2.24) is 34.9 Å². The Hall–Kier alpha value is -3.20. The van der Waals surface area contributed by atoms with E-state index < -0.39 is 0 Å². The van der Waals surface area contributed by atoms with E-state index in [-0.39, 0.29) is 0 Å². The molecule has 3 N–H and O–H groups in total. The van der Waals surface area contributed by atoms with Crippen molar-refractivity contribution < 1.29 is 0 Å². The highest BCUT2D eigenvalue weighted by Gasteiger charge is 2.34. The topological polar surface area (TPSA) is 99.1 Å². The van der Waals surface area contributed by atoms with Gasteiger partial charge in [-0.3, -0.25) is 0 Å². The third-order valence-electron chi connectivity index (χ3n) is 7.46. The summed E-state index contributed by atoms with van der Waals surface area (Å²) in [5.74, 6) is 3.00. The number of benzene rings is 1. The average Bonchev–Trinajstić information content (AvgIpc) is 3.30. The molecule has 7 rings (SSSR count). The van der Waals surface area contributed by atoms with Crippen LogP contribution in [0.25, 0.3) is 16.7 Å². The second-order valence-electron chi connectivity index (χ2n) is 9.99. The van der Waals surface area contributed by atoms with Crippen molar-refractivity contribution in [1.29, 1.82) is 0 Å². The number of fused-ring (bicyclic) bond motifs is 4. The number of hydrogen-bond acceptors (Lipinski definition) is 7. The molecular weight excluding hydrogens is 414 g/mol. The van der Waals surface area contributed by atoms with Crippen LogP contribution in [0.3, 0.4) is 0 Å². The Kier molecular flexibility index (Phi) is 4.18. The third kappa shape index (κ3) is 3.33. The minimum Gasteiger partial charge on any atom is -0.347 e. The van der Waals surface area contributed by atoms with Gasteiger partial charge in [0.05, 0.1) is 23.8 Å². The molecule has 2 saturated heterocycles. The Bertz CT molecular complexity index is 1310. The summed E-state index contributed by atoms with van der Waals surface area (Å²) in [6.45, 7) is 6.72. The highest BCUT2D eigenvalue weighted by Crippen LogP contribution is 2.42. The van der Waals surface area contributed by atoms with Gasteiger partial charge in [0.1, 0.15) is 5.82 Å². The maximum absolute atomic E-state index is 5.01. The minimum absolute atomic E-state index is 0.537. The van der Waals surface area contributed by atoms with Crippen LogP contribution in [0.15, 0.2) is 18.3 Å². The number of rotatable bonds is 5. The van der Waals surface area contributed by atoms with Gasteiger partial charge >= 0.3 is 0 Å². The van der Waals surface area contributed by atoms with Crippen molar-refractivity contribution >= 4 is 28.6 Å². The monoisotopic (exact) mass is 443 g/mol. The largest absolute Gasteiger partial charge is 0.347 e. The number of H-pyrrole nitrogens is 1. The molecule has 5 heterocycles. The summed E-state index contributed by atoms with van der Waals surface area (Å²) < 4.78 is 1.87. The number of imidazole rings is 1. The van der Waals surface area contributed by atoms with Crippen LogP contribution in [0.4, 0.5) is 11.9 Å². The summed E-state index contributed by atoms with van der Waals surface area (Å²) in [5.41, 5.74) is 6.76. The fourth-order valence-electron chi connectivity index (χ4n) is 5.35. The SMILES string of the molecule is Cc1cc2nc(CNc3nc(N4CC5CCC(C4)N5)nc4c(C5CC5)cnn34)[nH]c2cc1C. The van der Waals surface area contributed by atoms with E-state index in [9.17, 15) is 0 Å². The van der Waals surface area contributed by atoms with Crippen LogP contribution in [0, 0.1) is 13.8 Å². The molecule has 0 amide bonds. The molecule has 2 atom stereocenters. The van der Waals surface area contributed by atoms with Gasteiger partial charge in [0.15, 0.2) is 5.65 Å². The lowest BCUT2D eigenvalue weighted by atomic mass is 10.1.